The van der Waals surface area contributed by atoms with Gasteiger partial charge in [0.2, 0.25) is 0 Å². The van der Waals surface area contributed by atoms with Gasteiger partial charge in [-0.1, -0.05) is 11.6 Å². The second kappa shape index (κ2) is 5.33. The molecular formula is C12H15BrClN3O. The van der Waals surface area contributed by atoms with Crippen molar-refractivity contribution in [2.45, 2.75) is 6.04 Å². The predicted molar refractivity (Wildman–Crippen MR) is 75.3 cm³/mol. The third kappa shape index (κ3) is 2.50. The molecule has 0 spiro atoms. The van der Waals surface area contributed by atoms with Gasteiger partial charge in [0.1, 0.15) is 5.82 Å². The lowest BCUT2D eigenvalue weighted by molar-refractivity contribution is -0.0117. The highest BCUT2D eigenvalue weighted by Crippen LogP contribution is 2.28. The second-order valence-electron chi connectivity index (χ2n) is 4.67. The predicted octanol–water partition coefficient (Wildman–Crippen LogP) is 2.02. The zero-order valence-electron chi connectivity index (χ0n) is 9.98. The zero-order valence-corrected chi connectivity index (χ0v) is 12.3. The van der Waals surface area contributed by atoms with Crippen molar-refractivity contribution in [2.24, 2.45) is 0 Å². The van der Waals surface area contributed by atoms with Crippen LogP contribution in [0.2, 0.25) is 5.02 Å². The summed E-state index contributed by atoms with van der Waals surface area (Å²) in [6.07, 6.45) is 1.80. The molecule has 0 saturated carbocycles. The van der Waals surface area contributed by atoms with Crippen molar-refractivity contribution in [3.63, 3.8) is 0 Å². The van der Waals surface area contributed by atoms with Gasteiger partial charge in [-0.25, -0.2) is 4.98 Å². The lowest BCUT2D eigenvalue weighted by Crippen LogP contribution is -2.58. The monoisotopic (exact) mass is 331 g/mol. The Balaban J connectivity index is 1.77. The summed E-state index contributed by atoms with van der Waals surface area (Å²) in [5.74, 6) is 0.880. The van der Waals surface area contributed by atoms with Gasteiger partial charge in [0.15, 0.2) is 0 Å². The number of hydrogen-bond acceptors (Lipinski definition) is 4. The molecule has 2 aliphatic heterocycles. The summed E-state index contributed by atoms with van der Waals surface area (Å²) in [7, 11) is 0. The van der Waals surface area contributed by atoms with E-state index in [1.165, 1.54) is 0 Å². The quantitative estimate of drug-likeness (QED) is 0.787. The number of ether oxygens (including phenoxy) is 1. The van der Waals surface area contributed by atoms with Crippen molar-refractivity contribution in [1.82, 2.24) is 9.88 Å². The van der Waals surface area contributed by atoms with E-state index < -0.39 is 0 Å². The Kier molecular flexibility index (Phi) is 3.75. The molecule has 0 aromatic carbocycles. The van der Waals surface area contributed by atoms with Crippen molar-refractivity contribution < 1.29 is 4.74 Å². The molecule has 3 heterocycles. The molecule has 18 heavy (non-hydrogen) atoms. The first-order valence-electron chi connectivity index (χ1n) is 6.12. The van der Waals surface area contributed by atoms with E-state index in [0.717, 1.165) is 49.7 Å². The first-order chi connectivity index (χ1) is 8.74. The summed E-state index contributed by atoms with van der Waals surface area (Å²) in [4.78, 5) is 9.17. The molecule has 4 nitrogen and oxygen atoms in total. The molecule has 2 fully saturated rings. The molecular weight excluding hydrogens is 318 g/mol. The van der Waals surface area contributed by atoms with E-state index in [-0.39, 0.29) is 0 Å². The van der Waals surface area contributed by atoms with Crippen LogP contribution in [-0.2, 0) is 4.74 Å². The summed E-state index contributed by atoms with van der Waals surface area (Å²) >= 11 is 9.64. The normalized spacial score (nSPS) is 25.0. The molecule has 6 heteroatoms. The fourth-order valence-corrected chi connectivity index (χ4v) is 3.33. The van der Waals surface area contributed by atoms with Gasteiger partial charge >= 0.3 is 0 Å². The van der Waals surface area contributed by atoms with E-state index in [0.29, 0.717) is 11.1 Å². The first kappa shape index (κ1) is 12.7. The highest BCUT2D eigenvalue weighted by Gasteiger charge is 2.30. The Morgan fingerprint density at radius 3 is 3.11 bits per heavy atom. The van der Waals surface area contributed by atoms with Crippen LogP contribution in [0, 0.1) is 0 Å². The van der Waals surface area contributed by atoms with E-state index in [2.05, 4.69) is 30.7 Å². The first-order valence-corrected chi connectivity index (χ1v) is 7.29. The highest BCUT2D eigenvalue weighted by atomic mass is 79.9. The molecule has 2 saturated heterocycles. The number of nitrogens with zero attached hydrogens (tertiary/aromatic N) is 3. The van der Waals surface area contributed by atoms with Crippen molar-refractivity contribution in [2.75, 3.05) is 44.3 Å². The van der Waals surface area contributed by atoms with Gasteiger partial charge in [0.25, 0.3) is 0 Å². The molecule has 98 valence electrons. The number of rotatable bonds is 1. The van der Waals surface area contributed by atoms with Crippen LogP contribution in [0.1, 0.15) is 0 Å². The molecule has 0 N–H and O–H groups in total. The molecule has 0 radical (unpaired) electrons. The minimum Gasteiger partial charge on any atom is -0.378 e. The third-order valence-electron chi connectivity index (χ3n) is 3.53. The Labute approximate surface area is 120 Å². The number of pyridine rings is 1. The molecule has 1 atom stereocenters. The van der Waals surface area contributed by atoms with Gasteiger partial charge in [-0.2, -0.15) is 0 Å². The topological polar surface area (TPSA) is 28.6 Å². The molecule has 0 amide bonds. The molecule has 1 aromatic heterocycles. The van der Waals surface area contributed by atoms with E-state index in [9.17, 15) is 0 Å². The Bertz CT molecular complexity index is 445. The van der Waals surface area contributed by atoms with Crippen LogP contribution in [-0.4, -0.2) is 55.3 Å². The van der Waals surface area contributed by atoms with E-state index in [1.807, 2.05) is 6.07 Å². The van der Waals surface area contributed by atoms with E-state index in [1.54, 1.807) is 6.20 Å². The van der Waals surface area contributed by atoms with Crippen molar-refractivity contribution >= 4 is 33.3 Å². The SMILES string of the molecule is Clc1cc(Br)cnc1N1CCN2CCOCC2C1. The number of piperazine rings is 1. The smallest absolute Gasteiger partial charge is 0.147 e. The van der Waals surface area contributed by atoms with Crippen molar-refractivity contribution in [3.8, 4) is 0 Å². The van der Waals surface area contributed by atoms with E-state index >= 15 is 0 Å². The fourth-order valence-electron chi connectivity index (χ4n) is 2.58. The van der Waals surface area contributed by atoms with Crippen molar-refractivity contribution in [3.05, 3.63) is 21.8 Å². The van der Waals surface area contributed by atoms with Crippen LogP contribution >= 0.6 is 27.5 Å². The van der Waals surface area contributed by atoms with Crippen molar-refractivity contribution in [1.29, 1.82) is 0 Å². The van der Waals surface area contributed by atoms with Crippen LogP contribution in [0.4, 0.5) is 5.82 Å². The Morgan fingerprint density at radius 1 is 1.39 bits per heavy atom. The number of halogens is 2. The van der Waals surface area contributed by atoms with Gasteiger partial charge in [-0.3, -0.25) is 4.90 Å². The average molecular weight is 333 g/mol. The van der Waals surface area contributed by atoms with Gasteiger partial charge in [-0.05, 0) is 22.0 Å². The number of anilines is 1. The Hall–Kier alpha value is -0.360. The number of aromatic nitrogens is 1. The van der Waals surface area contributed by atoms with Crippen LogP contribution in [0.15, 0.2) is 16.7 Å². The van der Waals surface area contributed by atoms with Crippen LogP contribution < -0.4 is 4.90 Å². The standard InChI is InChI=1S/C12H15BrClN3O/c13-9-5-11(14)12(15-6-9)17-2-1-16-3-4-18-8-10(16)7-17/h5-6,10H,1-4,7-8H2. The minimum absolute atomic E-state index is 0.467. The number of morpholine rings is 1. The van der Waals surface area contributed by atoms with Crippen LogP contribution in [0.5, 0.6) is 0 Å². The van der Waals surface area contributed by atoms with E-state index in [4.69, 9.17) is 16.3 Å². The molecule has 2 aliphatic rings. The summed E-state index contributed by atoms with van der Waals surface area (Å²) in [6.45, 7) is 5.68. The Morgan fingerprint density at radius 2 is 2.28 bits per heavy atom. The van der Waals surface area contributed by atoms with Gasteiger partial charge < -0.3 is 9.64 Å². The summed E-state index contributed by atoms with van der Waals surface area (Å²) in [6, 6.07) is 2.36. The maximum Gasteiger partial charge on any atom is 0.147 e. The minimum atomic E-state index is 0.467. The third-order valence-corrected chi connectivity index (χ3v) is 4.24. The lowest BCUT2D eigenvalue weighted by atomic mass is 10.1. The molecule has 3 rings (SSSR count). The summed E-state index contributed by atoms with van der Waals surface area (Å²) < 4.78 is 6.46. The maximum atomic E-state index is 6.26. The number of fused-ring (bicyclic) bond motifs is 1. The van der Waals surface area contributed by atoms with Crippen LogP contribution in [0.3, 0.4) is 0 Å². The molecule has 1 aromatic rings. The molecule has 0 aliphatic carbocycles. The van der Waals surface area contributed by atoms with Gasteiger partial charge in [0.05, 0.1) is 24.3 Å². The van der Waals surface area contributed by atoms with Crippen LogP contribution in [0.25, 0.3) is 0 Å². The van der Waals surface area contributed by atoms with Gasteiger partial charge in [0, 0.05) is 36.8 Å². The maximum absolute atomic E-state index is 6.26. The molecule has 0 bridgehead atoms. The lowest BCUT2D eigenvalue weighted by Gasteiger charge is -2.44. The highest BCUT2D eigenvalue weighted by molar-refractivity contribution is 9.10. The molecule has 1 unspecified atom stereocenters. The summed E-state index contributed by atoms with van der Waals surface area (Å²) in [5.41, 5.74) is 0. The largest absolute Gasteiger partial charge is 0.378 e. The average Bonchev–Trinajstić information content (AvgIpc) is 2.38. The fraction of sp³-hybridized carbons (Fsp3) is 0.583. The zero-order chi connectivity index (χ0) is 12.5. The van der Waals surface area contributed by atoms with Gasteiger partial charge in [-0.15, -0.1) is 0 Å². The number of hydrogen-bond donors (Lipinski definition) is 0. The second-order valence-corrected chi connectivity index (χ2v) is 5.99. The summed E-state index contributed by atoms with van der Waals surface area (Å²) in [5, 5.41) is 0.703.